The first kappa shape index (κ1) is 10.9. The van der Waals surface area contributed by atoms with Crippen molar-refractivity contribution in [3.8, 4) is 0 Å². The topological polar surface area (TPSA) is 30.0 Å². The van der Waals surface area contributed by atoms with Gasteiger partial charge in [0.25, 0.3) is 0 Å². The third-order valence-corrected chi connectivity index (χ3v) is 2.37. The van der Waals surface area contributed by atoms with Crippen LogP contribution in [0.15, 0.2) is 24.4 Å². The van der Waals surface area contributed by atoms with E-state index in [1.165, 1.54) is 0 Å². The van der Waals surface area contributed by atoms with Crippen LogP contribution in [0.2, 0.25) is 0 Å². The van der Waals surface area contributed by atoms with Crippen LogP contribution in [-0.2, 0) is 4.79 Å². The molecule has 0 unspecified atom stereocenters. The number of nitrogens with zero attached hydrogens (tertiary/aromatic N) is 1. The number of Topliss-reactive ketones (excluding diaryl/α,β-unsaturated/α-hetero) is 1. The molecule has 1 aromatic rings. The van der Waals surface area contributed by atoms with Crippen molar-refractivity contribution >= 4 is 5.78 Å². The summed E-state index contributed by atoms with van der Waals surface area (Å²) in [5.41, 5.74) is 0.898. The predicted octanol–water partition coefficient (Wildman–Crippen LogP) is 2.80. The SMILES string of the molecule is CCC(=O)[C@H](c1ccccn1)C(C)C. The van der Waals surface area contributed by atoms with Crippen molar-refractivity contribution in [3.05, 3.63) is 30.1 Å². The van der Waals surface area contributed by atoms with Gasteiger partial charge in [-0.15, -0.1) is 0 Å². The number of ketones is 1. The molecule has 0 aromatic carbocycles. The molecule has 0 spiro atoms. The summed E-state index contributed by atoms with van der Waals surface area (Å²) < 4.78 is 0. The molecule has 0 saturated carbocycles. The van der Waals surface area contributed by atoms with Crippen molar-refractivity contribution in [3.63, 3.8) is 0 Å². The van der Waals surface area contributed by atoms with Crippen LogP contribution in [0, 0.1) is 5.92 Å². The summed E-state index contributed by atoms with van der Waals surface area (Å²) >= 11 is 0. The molecule has 0 aliphatic carbocycles. The molecule has 1 heterocycles. The van der Waals surface area contributed by atoms with Crippen molar-refractivity contribution in [1.29, 1.82) is 0 Å². The second-order valence-corrected chi connectivity index (χ2v) is 3.80. The van der Waals surface area contributed by atoms with Crippen LogP contribution in [0.5, 0.6) is 0 Å². The first-order chi connectivity index (χ1) is 6.66. The van der Waals surface area contributed by atoms with E-state index in [-0.39, 0.29) is 11.7 Å². The summed E-state index contributed by atoms with van der Waals surface area (Å²) in [5, 5.41) is 0. The molecule has 0 aliphatic heterocycles. The molecule has 2 nitrogen and oxygen atoms in total. The van der Waals surface area contributed by atoms with Crippen LogP contribution in [0.4, 0.5) is 0 Å². The Morgan fingerprint density at radius 1 is 1.43 bits per heavy atom. The van der Waals surface area contributed by atoms with Gasteiger partial charge < -0.3 is 0 Å². The maximum Gasteiger partial charge on any atom is 0.141 e. The monoisotopic (exact) mass is 191 g/mol. The summed E-state index contributed by atoms with van der Waals surface area (Å²) in [6, 6.07) is 5.73. The van der Waals surface area contributed by atoms with Crippen LogP contribution in [0.3, 0.4) is 0 Å². The summed E-state index contributed by atoms with van der Waals surface area (Å²) in [7, 11) is 0. The maximum absolute atomic E-state index is 11.7. The zero-order valence-corrected chi connectivity index (χ0v) is 9.03. The number of carbonyl (C=O) groups excluding carboxylic acids is 1. The Labute approximate surface area is 85.4 Å². The van der Waals surface area contributed by atoms with E-state index in [0.717, 1.165) is 5.69 Å². The number of carbonyl (C=O) groups is 1. The average Bonchev–Trinajstić information content (AvgIpc) is 2.19. The molecule has 1 atom stereocenters. The van der Waals surface area contributed by atoms with Gasteiger partial charge in [-0.05, 0) is 18.1 Å². The predicted molar refractivity (Wildman–Crippen MR) is 57.1 cm³/mol. The standard InChI is InChI=1S/C12H17NO/c1-4-11(14)12(9(2)3)10-7-5-6-8-13-10/h5-9,12H,4H2,1-3H3/t12-/m0/s1. The highest BCUT2D eigenvalue weighted by molar-refractivity contribution is 5.85. The Morgan fingerprint density at radius 3 is 2.57 bits per heavy atom. The molecule has 0 radical (unpaired) electrons. The smallest absolute Gasteiger partial charge is 0.141 e. The van der Waals surface area contributed by atoms with Crippen molar-refractivity contribution in [2.75, 3.05) is 0 Å². The molecule has 0 aliphatic rings. The lowest BCUT2D eigenvalue weighted by Gasteiger charge is -2.17. The van der Waals surface area contributed by atoms with Gasteiger partial charge in [-0.1, -0.05) is 26.8 Å². The van der Waals surface area contributed by atoms with Crippen molar-refractivity contribution in [2.45, 2.75) is 33.1 Å². The van der Waals surface area contributed by atoms with E-state index < -0.39 is 0 Å². The highest BCUT2D eigenvalue weighted by Gasteiger charge is 2.23. The van der Waals surface area contributed by atoms with Crippen LogP contribution in [0.1, 0.15) is 38.8 Å². The molecule has 0 bridgehead atoms. The lowest BCUT2D eigenvalue weighted by atomic mass is 9.87. The van der Waals surface area contributed by atoms with E-state index in [1.807, 2.05) is 25.1 Å². The van der Waals surface area contributed by atoms with Crippen molar-refractivity contribution in [1.82, 2.24) is 4.98 Å². The fraction of sp³-hybridized carbons (Fsp3) is 0.500. The zero-order valence-electron chi connectivity index (χ0n) is 9.03. The second-order valence-electron chi connectivity index (χ2n) is 3.80. The lowest BCUT2D eigenvalue weighted by Crippen LogP contribution is -2.18. The van der Waals surface area contributed by atoms with E-state index >= 15 is 0 Å². The molecule has 2 heteroatoms. The van der Waals surface area contributed by atoms with Gasteiger partial charge in [0.1, 0.15) is 5.78 Å². The van der Waals surface area contributed by atoms with Gasteiger partial charge in [0, 0.05) is 12.6 Å². The van der Waals surface area contributed by atoms with Crippen LogP contribution in [0.25, 0.3) is 0 Å². The lowest BCUT2D eigenvalue weighted by molar-refractivity contribution is -0.121. The third-order valence-electron chi connectivity index (χ3n) is 2.37. The number of hydrogen-bond acceptors (Lipinski definition) is 2. The molecule has 0 saturated heterocycles. The number of hydrogen-bond donors (Lipinski definition) is 0. The fourth-order valence-electron chi connectivity index (χ4n) is 1.66. The van der Waals surface area contributed by atoms with Crippen molar-refractivity contribution < 1.29 is 4.79 Å². The number of aromatic nitrogens is 1. The van der Waals surface area contributed by atoms with Gasteiger partial charge in [-0.2, -0.15) is 0 Å². The Morgan fingerprint density at radius 2 is 2.14 bits per heavy atom. The number of pyridine rings is 1. The van der Waals surface area contributed by atoms with Gasteiger partial charge in [0.15, 0.2) is 0 Å². The van der Waals surface area contributed by atoms with Gasteiger partial charge in [0.05, 0.1) is 11.6 Å². The molecular formula is C12H17NO. The average molecular weight is 191 g/mol. The van der Waals surface area contributed by atoms with E-state index in [9.17, 15) is 4.79 Å². The van der Waals surface area contributed by atoms with E-state index in [1.54, 1.807) is 6.20 Å². The highest BCUT2D eigenvalue weighted by atomic mass is 16.1. The summed E-state index contributed by atoms with van der Waals surface area (Å²) in [6.07, 6.45) is 2.33. The quantitative estimate of drug-likeness (QED) is 0.732. The van der Waals surface area contributed by atoms with E-state index in [2.05, 4.69) is 18.8 Å². The van der Waals surface area contributed by atoms with Gasteiger partial charge >= 0.3 is 0 Å². The van der Waals surface area contributed by atoms with E-state index in [4.69, 9.17) is 0 Å². The Kier molecular flexibility index (Phi) is 3.81. The molecule has 0 fully saturated rings. The molecule has 0 amide bonds. The first-order valence-corrected chi connectivity index (χ1v) is 5.10. The normalized spacial score (nSPS) is 12.9. The van der Waals surface area contributed by atoms with Gasteiger partial charge in [-0.3, -0.25) is 9.78 Å². The Bertz CT molecular complexity index is 292. The molecular weight excluding hydrogens is 174 g/mol. The molecule has 76 valence electrons. The summed E-state index contributed by atoms with van der Waals surface area (Å²) in [6.45, 7) is 6.03. The zero-order chi connectivity index (χ0) is 10.6. The Hall–Kier alpha value is -1.18. The Balaban J connectivity index is 2.95. The first-order valence-electron chi connectivity index (χ1n) is 5.10. The second kappa shape index (κ2) is 4.89. The molecule has 0 N–H and O–H groups in total. The van der Waals surface area contributed by atoms with Crippen molar-refractivity contribution in [2.24, 2.45) is 5.92 Å². The van der Waals surface area contributed by atoms with Gasteiger partial charge in [-0.25, -0.2) is 0 Å². The summed E-state index contributed by atoms with van der Waals surface area (Å²) in [5.74, 6) is 0.553. The third kappa shape index (κ3) is 2.41. The minimum atomic E-state index is -0.0406. The van der Waals surface area contributed by atoms with E-state index in [0.29, 0.717) is 12.3 Å². The van der Waals surface area contributed by atoms with Crippen LogP contribution in [-0.4, -0.2) is 10.8 Å². The minimum absolute atomic E-state index is 0.0406. The largest absolute Gasteiger partial charge is 0.299 e. The number of rotatable bonds is 4. The fourth-order valence-corrected chi connectivity index (χ4v) is 1.66. The van der Waals surface area contributed by atoms with Crippen LogP contribution < -0.4 is 0 Å². The molecule has 14 heavy (non-hydrogen) atoms. The highest BCUT2D eigenvalue weighted by Crippen LogP contribution is 2.24. The van der Waals surface area contributed by atoms with Crippen LogP contribution >= 0.6 is 0 Å². The molecule has 1 rings (SSSR count). The molecule has 1 aromatic heterocycles. The minimum Gasteiger partial charge on any atom is -0.299 e. The maximum atomic E-state index is 11.7. The summed E-state index contributed by atoms with van der Waals surface area (Å²) in [4.78, 5) is 16.0. The van der Waals surface area contributed by atoms with Gasteiger partial charge in [0.2, 0.25) is 0 Å².